The van der Waals surface area contributed by atoms with Crippen molar-refractivity contribution in [3.63, 3.8) is 0 Å². The molecule has 0 heterocycles. The first-order valence-corrected chi connectivity index (χ1v) is 6.01. The van der Waals surface area contributed by atoms with E-state index in [9.17, 15) is 4.89 Å². The molecular weight excluding hydrogens is 207 g/mol. The van der Waals surface area contributed by atoms with Crippen molar-refractivity contribution in [1.29, 1.82) is 0 Å². The van der Waals surface area contributed by atoms with E-state index in [1.54, 1.807) is 6.26 Å². The Morgan fingerprint density at radius 3 is 2.12 bits per heavy atom. The summed E-state index contributed by atoms with van der Waals surface area (Å²) < 4.78 is 4.42. The van der Waals surface area contributed by atoms with Crippen molar-refractivity contribution >= 4 is 28.9 Å². The van der Waals surface area contributed by atoms with E-state index in [-0.39, 0.29) is 17.1 Å². The minimum atomic E-state index is -2.65. The van der Waals surface area contributed by atoms with Gasteiger partial charge in [-0.15, -0.1) is 11.4 Å². The topological polar surface area (TPSA) is 32.3 Å². The molecule has 52 valence electrons. The fourth-order valence-corrected chi connectivity index (χ4v) is 0.671. The Labute approximate surface area is 68.8 Å². The van der Waals surface area contributed by atoms with Gasteiger partial charge in [-0.1, -0.05) is 11.8 Å². The van der Waals surface area contributed by atoms with Crippen molar-refractivity contribution in [2.24, 2.45) is 0 Å². The number of rotatable bonds is 2. The standard InChI is InChI=1S/C2H7O2PS2.Fe/c1-4-5(3,6)7-2;/h1-2H3,(H,3,6);/p-1. The van der Waals surface area contributed by atoms with Crippen molar-refractivity contribution in [2.45, 2.75) is 0 Å². The van der Waals surface area contributed by atoms with Crippen LogP contribution in [0.3, 0.4) is 0 Å². The smallest absolute Gasteiger partial charge is 0.0467 e. The van der Waals surface area contributed by atoms with Crippen molar-refractivity contribution < 1.29 is 26.5 Å². The van der Waals surface area contributed by atoms with Gasteiger partial charge in [-0.2, -0.15) is 0 Å². The Hall–Kier alpha value is 1.44. The molecule has 0 aromatic carbocycles. The summed E-state index contributed by atoms with van der Waals surface area (Å²) in [6.45, 7) is 0. The maximum Gasteiger partial charge on any atom is 0.0467 e. The van der Waals surface area contributed by atoms with Gasteiger partial charge in [0, 0.05) is 29.9 Å². The Bertz CT molecular complexity index is 90.0. The average Bonchev–Trinajstić information content (AvgIpc) is 1.68. The van der Waals surface area contributed by atoms with Crippen molar-refractivity contribution in [2.75, 3.05) is 13.4 Å². The van der Waals surface area contributed by atoms with Crippen LogP contribution in [0.15, 0.2) is 0 Å². The maximum absolute atomic E-state index is 10.5. The van der Waals surface area contributed by atoms with Crippen LogP contribution in [0.5, 0.6) is 0 Å². The van der Waals surface area contributed by atoms with Crippen molar-refractivity contribution in [3.05, 3.63) is 0 Å². The van der Waals surface area contributed by atoms with E-state index in [1.807, 2.05) is 0 Å². The Morgan fingerprint density at radius 1 is 1.75 bits per heavy atom. The van der Waals surface area contributed by atoms with E-state index in [4.69, 9.17) is 0 Å². The molecule has 0 saturated heterocycles. The second-order valence-electron chi connectivity index (χ2n) is 0.812. The summed E-state index contributed by atoms with van der Waals surface area (Å²) in [4.78, 5) is 10.5. The summed E-state index contributed by atoms with van der Waals surface area (Å²) in [6.07, 6.45) is 1.66. The first kappa shape index (κ1) is 12.1. The molecule has 0 aliphatic carbocycles. The summed E-state index contributed by atoms with van der Waals surface area (Å²) in [5, 5.41) is 0. The molecule has 0 bridgehead atoms. The minimum absolute atomic E-state index is 0. The Kier molecular flexibility index (Phi) is 7.96. The number of hydrogen-bond donors (Lipinski definition) is 0. The molecular formula is C2H6FeO2PS2-. The third-order valence-corrected chi connectivity index (χ3v) is 4.92. The van der Waals surface area contributed by atoms with E-state index in [0.717, 1.165) is 11.4 Å². The summed E-state index contributed by atoms with van der Waals surface area (Å²) in [5.74, 6) is 0. The SMILES string of the molecule is COP([O-])(=S)SC.[Fe]. The molecule has 0 fully saturated rings. The third kappa shape index (κ3) is 5.57. The molecule has 0 saturated carbocycles. The zero-order valence-electron chi connectivity index (χ0n) is 4.43. The van der Waals surface area contributed by atoms with Gasteiger partial charge >= 0.3 is 0 Å². The van der Waals surface area contributed by atoms with E-state index < -0.39 is 5.69 Å². The van der Waals surface area contributed by atoms with Crippen LogP contribution in [0.4, 0.5) is 0 Å². The van der Waals surface area contributed by atoms with Crippen LogP contribution >= 0.6 is 17.1 Å². The summed E-state index contributed by atoms with van der Waals surface area (Å²) >= 11 is 5.52. The summed E-state index contributed by atoms with van der Waals surface area (Å²) in [5.41, 5.74) is -2.65. The van der Waals surface area contributed by atoms with E-state index >= 15 is 0 Å². The van der Waals surface area contributed by atoms with Gasteiger partial charge in [-0.05, 0) is 6.26 Å². The second-order valence-corrected chi connectivity index (χ2v) is 7.11. The van der Waals surface area contributed by atoms with Crippen LogP contribution in [-0.2, 0) is 33.4 Å². The maximum atomic E-state index is 10.5. The van der Waals surface area contributed by atoms with Gasteiger partial charge in [0.15, 0.2) is 0 Å². The van der Waals surface area contributed by atoms with Gasteiger partial charge in [-0.25, -0.2) is 0 Å². The van der Waals surface area contributed by atoms with E-state index in [0.29, 0.717) is 0 Å². The average molecular weight is 213 g/mol. The molecule has 0 aromatic rings. The molecule has 8 heavy (non-hydrogen) atoms. The molecule has 0 N–H and O–H groups in total. The molecule has 0 amide bonds. The molecule has 1 unspecified atom stereocenters. The predicted octanol–water partition coefficient (Wildman–Crippen LogP) is 0.578. The van der Waals surface area contributed by atoms with Gasteiger partial charge in [0.2, 0.25) is 0 Å². The van der Waals surface area contributed by atoms with Crippen LogP contribution in [0.25, 0.3) is 0 Å². The van der Waals surface area contributed by atoms with Gasteiger partial charge < -0.3 is 9.42 Å². The first-order chi connectivity index (χ1) is 3.12. The predicted molar refractivity (Wildman–Crippen MR) is 34.8 cm³/mol. The summed E-state index contributed by atoms with van der Waals surface area (Å²) in [6, 6.07) is 0. The van der Waals surface area contributed by atoms with Crippen molar-refractivity contribution in [3.8, 4) is 0 Å². The zero-order chi connectivity index (χ0) is 5.91. The molecule has 0 radical (unpaired) electrons. The molecule has 0 aromatic heterocycles. The van der Waals surface area contributed by atoms with Crippen LogP contribution in [-0.4, -0.2) is 13.4 Å². The molecule has 0 spiro atoms. The first-order valence-electron chi connectivity index (χ1n) is 1.55. The fourth-order valence-electron chi connectivity index (χ4n) is 0.0745. The molecule has 6 heteroatoms. The minimum Gasteiger partial charge on any atom is -0.793 e. The largest absolute Gasteiger partial charge is 0.793 e. The van der Waals surface area contributed by atoms with Crippen LogP contribution in [0.2, 0.25) is 0 Å². The van der Waals surface area contributed by atoms with Crippen molar-refractivity contribution in [1.82, 2.24) is 0 Å². The van der Waals surface area contributed by atoms with Gasteiger partial charge in [-0.3, -0.25) is 0 Å². The molecule has 0 aliphatic rings. The fraction of sp³-hybridized carbons (Fsp3) is 1.00. The van der Waals surface area contributed by atoms with Crippen LogP contribution < -0.4 is 4.89 Å². The summed E-state index contributed by atoms with van der Waals surface area (Å²) in [7, 11) is 1.35. The zero-order valence-corrected chi connectivity index (χ0v) is 8.07. The quantitative estimate of drug-likeness (QED) is 0.496. The third-order valence-electron chi connectivity index (χ3n) is 0.447. The molecule has 0 rings (SSSR count). The van der Waals surface area contributed by atoms with Gasteiger partial charge in [0.05, 0.1) is 0 Å². The van der Waals surface area contributed by atoms with E-state index in [2.05, 4.69) is 16.3 Å². The monoisotopic (exact) mass is 213 g/mol. The second kappa shape index (κ2) is 5.24. The Morgan fingerprint density at radius 2 is 2.12 bits per heavy atom. The van der Waals surface area contributed by atoms with E-state index in [1.165, 1.54) is 7.11 Å². The van der Waals surface area contributed by atoms with Crippen LogP contribution in [0.1, 0.15) is 0 Å². The molecule has 0 aliphatic heterocycles. The Balaban J connectivity index is 0. The number of hydrogen-bond acceptors (Lipinski definition) is 4. The van der Waals surface area contributed by atoms with Gasteiger partial charge in [0.1, 0.15) is 0 Å². The molecule has 2 nitrogen and oxygen atoms in total. The normalized spacial score (nSPS) is 16.4. The van der Waals surface area contributed by atoms with Gasteiger partial charge in [0.25, 0.3) is 0 Å². The molecule has 1 atom stereocenters. The van der Waals surface area contributed by atoms with Crippen LogP contribution in [0, 0.1) is 0 Å².